The molecule has 5 nitrogen and oxygen atoms in total. The van der Waals surface area contributed by atoms with Crippen LogP contribution in [-0.2, 0) is 0 Å². The fraction of sp³-hybridized carbons (Fsp3) is 0.130. The van der Waals surface area contributed by atoms with Gasteiger partial charge in [0.15, 0.2) is 0 Å². The lowest BCUT2D eigenvalue weighted by molar-refractivity contribution is 0.340. The van der Waals surface area contributed by atoms with Crippen molar-refractivity contribution in [3.63, 3.8) is 0 Å². The molecule has 6 heteroatoms. The van der Waals surface area contributed by atoms with Crippen LogP contribution in [0.3, 0.4) is 0 Å². The van der Waals surface area contributed by atoms with E-state index >= 15 is 0 Å². The van der Waals surface area contributed by atoms with E-state index < -0.39 is 0 Å². The summed E-state index contributed by atoms with van der Waals surface area (Å²) in [5.74, 6) is 1.56. The van der Waals surface area contributed by atoms with Crippen molar-refractivity contribution in [2.24, 2.45) is 0 Å². The average Bonchev–Trinajstić information content (AvgIpc) is 2.76. The van der Waals surface area contributed by atoms with Crippen molar-refractivity contribution in [3.05, 3.63) is 89.2 Å². The zero-order valence-electron chi connectivity index (χ0n) is 15.8. The number of phenolic OH excluding ortho intramolecular Hbond substituents is 1. The Hall–Kier alpha value is -3.31. The van der Waals surface area contributed by atoms with E-state index in [4.69, 9.17) is 16.3 Å². The number of phenols is 1. The molecule has 4 rings (SSSR count). The molecule has 2 aromatic heterocycles. The van der Waals surface area contributed by atoms with Crippen molar-refractivity contribution in [2.75, 3.05) is 11.9 Å². The summed E-state index contributed by atoms with van der Waals surface area (Å²) >= 11 is 6.52. The smallest absolute Gasteiger partial charge is 0.147 e. The van der Waals surface area contributed by atoms with Gasteiger partial charge in [-0.2, -0.15) is 0 Å². The second kappa shape index (κ2) is 8.37. The fourth-order valence-corrected chi connectivity index (χ4v) is 3.56. The summed E-state index contributed by atoms with van der Waals surface area (Å²) in [6.45, 7) is 2.54. The van der Waals surface area contributed by atoms with E-state index in [-0.39, 0.29) is 11.8 Å². The van der Waals surface area contributed by atoms with E-state index in [1.54, 1.807) is 24.5 Å². The van der Waals surface area contributed by atoms with Gasteiger partial charge in [-0.1, -0.05) is 29.8 Å². The minimum atomic E-state index is -0.385. The molecular formula is C23H20ClN3O2. The zero-order valence-corrected chi connectivity index (χ0v) is 16.6. The second-order valence-electron chi connectivity index (χ2n) is 6.49. The van der Waals surface area contributed by atoms with Crippen molar-refractivity contribution < 1.29 is 9.84 Å². The normalized spacial score (nSPS) is 11.9. The summed E-state index contributed by atoms with van der Waals surface area (Å²) in [7, 11) is 0. The van der Waals surface area contributed by atoms with E-state index in [0.29, 0.717) is 33.9 Å². The number of aromatic nitrogens is 2. The highest BCUT2D eigenvalue weighted by Gasteiger charge is 2.22. The van der Waals surface area contributed by atoms with E-state index in [0.717, 1.165) is 11.3 Å². The highest BCUT2D eigenvalue weighted by molar-refractivity contribution is 6.35. The number of ether oxygens (including phenoxy) is 1. The first-order valence-electron chi connectivity index (χ1n) is 9.33. The predicted octanol–water partition coefficient (Wildman–Crippen LogP) is 5.59. The Labute approximate surface area is 174 Å². The molecule has 146 valence electrons. The Kier molecular flexibility index (Phi) is 5.49. The summed E-state index contributed by atoms with van der Waals surface area (Å²) < 4.78 is 5.55. The van der Waals surface area contributed by atoms with Crippen LogP contribution in [0.1, 0.15) is 24.1 Å². The molecule has 0 bridgehead atoms. The molecule has 0 aliphatic heterocycles. The van der Waals surface area contributed by atoms with Gasteiger partial charge in [0.1, 0.15) is 22.8 Å². The summed E-state index contributed by atoms with van der Waals surface area (Å²) in [4.78, 5) is 8.69. The van der Waals surface area contributed by atoms with Gasteiger partial charge in [0.2, 0.25) is 0 Å². The van der Waals surface area contributed by atoms with Gasteiger partial charge < -0.3 is 15.2 Å². The third-order valence-corrected chi connectivity index (χ3v) is 4.95. The molecule has 1 unspecified atom stereocenters. The van der Waals surface area contributed by atoms with E-state index in [1.807, 2.05) is 55.5 Å². The summed E-state index contributed by atoms with van der Waals surface area (Å²) in [5, 5.41) is 15.6. The monoisotopic (exact) mass is 405 g/mol. The van der Waals surface area contributed by atoms with Gasteiger partial charge in [0.25, 0.3) is 0 Å². The third-order valence-electron chi connectivity index (χ3n) is 4.64. The maximum atomic E-state index is 11.0. The minimum Gasteiger partial charge on any atom is -0.505 e. The van der Waals surface area contributed by atoms with Crippen LogP contribution < -0.4 is 10.1 Å². The second-order valence-corrected chi connectivity index (χ2v) is 6.90. The van der Waals surface area contributed by atoms with E-state index in [2.05, 4.69) is 15.3 Å². The molecular weight excluding hydrogens is 386 g/mol. The number of halogens is 1. The first-order chi connectivity index (χ1) is 14.2. The molecule has 0 saturated carbocycles. The predicted molar refractivity (Wildman–Crippen MR) is 116 cm³/mol. The molecule has 0 amide bonds. The topological polar surface area (TPSA) is 67.3 Å². The number of hydrogen-bond acceptors (Lipinski definition) is 5. The van der Waals surface area contributed by atoms with Crippen LogP contribution in [-0.4, -0.2) is 21.7 Å². The van der Waals surface area contributed by atoms with E-state index in [9.17, 15) is 5.11 Å². The van der Waals surface area contributed by atoms with Crippen LogP contribution in [0.15, 0.2) is 73.1 Å². The van der Waals surface area contributed by atoms with Gasteiger partial charge in [-0.3, -0.25) is 4.98 Å². The molecule has 4 aromatic rings. The fourth-order valence-electron chi connectivity index (χ4n) is 3.29. The molecule has 1 atom stereocenters. The molecule has 2 aromatic carbocycles. The lowest BCUT2D eigenvalue weighted by Gasteiger charge is -2.22. The summed E-state index contributed by atoms with van der Waals surface area (Å²) in [6.07, 6.45) is 3.35. The van der Waals surface area contributed by atoms with Gasteiger partial charge in [0.05, 0.1) is 17.7 Å². The number of nitrogens with one attached hydrogen (secondary N) is 1. The number of aromatic hydroxyl groups is 1. The largest absolute Gasteiger partial charge is 0.505 e. The van der Waals surface area contributed by atoms with Crippen LogP contribution in [0, 0.1) is 0 Å². The molecule has 0 spiro atoms. The molecule has 0 aliphatic carbocycles. The lowest BCUT2D eigenvalue weighted by Crippen LogP contribution is -2.14. The van der Waals surface area contributed by atoms with Gasteiger partial charge in [-0.25, -0.2) is 4.98 Å². The molecule has 29 heavy (non-hydrogen) atoms. The molecule has 0 saturated heterocycles. The summed E-state index contributed by atoms with van der Waals surface area (Å²) in [6, 6.07) is 18.4. The Morgan fingerprint density at radius 1 is 1.03 bits per heavy atom. The maximum Gasteiger partial charge on any atom is 0.147 e. The quantitative estimate of drug-likeness (QED) is 0.437. The van der Waals surface area contributed by atoms with Crippen LogP contribution in [0.2, 0.25) is 5.02 Å². The summed E-state index contributed by atoms with van der Waals surface area (Å²) in [5.41, 5.74) is 2.02. The lowest BCUT2D eigenvalue weighted by atomic mass is 9.96. The molecule has 2 heterocycles. The SMILES string of the molecule is CCOc1ccc(C(Nc2ccccn2)c2cc(Cl)c3cccnc3c2O)cc1. The Morgan fingerprint density at radius 2 is 1.83 bits per heavy atom. The minimum absolute atomic E-state index is 0.0901. The van der Waals surface area contributed by atoms with Crippen LogP contribution >= 0.6 is 11.6 Å². The van der Waals surface area contributed by atoms with Crippen molar-refractivity contribution in [2.45, 2.75) is 13.0 Å². The highest BCUT2D eigenvalue weighted by Crippen LogP contribution is 2.39. The first kappa shape index (κ1) is 19.0. The molecule has 0 radical (unpaired) electrons. The standard InChI is InChI=1S/C23H20ClN3O2/c1-2-29-16-10-8-15(9-11-16)21(27-20-7-3-4-12-25-20)18-14-19(24)17-6-5-13-26-22(17)23(18)28/h3-14,21,28H,2H2,1H3,(H,25,27). The average molecular weight is 406 g/mol. The molecule has 0 aliphatic rings. The highest BCUT2D eigenvalue weighted by atomic mass is 35.5. The number of nitrogens with zero attached hydrogens (tertiary/aromatic N) is 2. The number of rotatable bonds is 6. The third kappa shape index (κ3) is 3.96. The number of anilines is 1. The van der Waals surface area contributed by atoms with E-state index in [1.165, 1.54) is 0 Å². The van der Waals surface area contributed by atoms with Gasteiger partial charge in [0, 0.05) is 23.3 Å². The van der Waals surface area contributed by atoms with Crippen LogP contribution in [0.4, 0.5) is 5.82 Å². The first-order valence-corrected chi connectivity index (χ1v) is 9.71. The van der Waals surface area contributed by atoms with Crippen LogP contribution in [0.5, 0.6) is 11.5 Å². The van der Waals surface area contributed by atoms with Gasteiger partial charge >= 0.3 is 0 Å². The number of pyridine rings is 2. The Morgan fingerprint density at radius 3 is 2.55 bits per heavy atom. The number of fused-ring (bicyclic) bond motifs is 1. The van der Waals surface area contributed by atoms with Crippen LogP contribution in [0.25, 0.3) is 10.9 Å². The van der Waals surface area contributed by atoms with Crippen molar-refractivity contribution >= 4 is 28.3 Å². The zero-order chi connectivity index (χ0) is 20.2. The van der Waals surface area contributed by atoms with Crippen molar-refractivity contribution in [3.8, 4) is 11.5 Å². The van der Waals surface area contributed by atoms with Gasteiger partial charge in [-0.05, 0) is 55.0 Å². The van der Waals surface area contributed by atoms with Gasteiger partial charge in [-0.15, -0.1) is 0 Å². The molecule has 0 fully saturated rings. The number of benzene rings is 2. The Bertz CT molecular complexity index is 1120. The Balaban J connectivity index is 1.84. The number of hydrogen-bond donors (Lipinski definition) is 2. The van der Waals surface area contributed by atoms with Crippen molar-refractivity contribution in [1.29, 1.82) is 0 Å². The maximum absolute atomic E-state index is 11.0. The molecule has 2 N–H and O–H groups in total. The van der Waals surface area contributed by atoms with Crippen molar-refractivity contribution in [1.82, 2.24) is 9.97 Å².